The molecule has 0 bridgehead atoms. The molecule has 0 heterocycles. The number of nitrogens with one attached hydrogen (secondary N) is 1. The Hall–Kier alpha value is -0.240. The molecule has 2 saturated carbocycles. The number of hydrogen-bond donors (Lipinski definition) is 1. The Kier molecular flexibility index (Phi) is 2.74. The Balaban J connectivity index is 1.86. The zero-order valence-electron chi connectivity index (χ0n) is 8.68. The van der Waals surface area contributed by atoms with Crippen LogP contribution in [0.25, 0.3) is 0 Å². The van der Waals surface area contributed by atoms with Gasteiger partial charge in [0.2, 0.25) is 5.91 Å². The van der Waals surface area contributed by atoms with Crippen molar-refractivity contribution in [3.63, 3.8) is 0 Å². The van der Waals surface area contributed by atoms with Gasteiger partial charge in [0.25, 0.3) is 0 Å². The lowest BCUT2D eigenvalue weighted by molar-refractivity contribution is -0.127. The van der Waals surface area contributed by atoms with E-state index in [1.165, 1.54) is 19.3 Å². The lowest BCUT2D eigenvalue weighted by Crippen LogP contribution is -2.56. The molecule has 2 aliphatic carbocycles. The summed E-state index contributed by atoms with van der Waals surface area (Å²) in [4.78, 5) is 11.8. The largest absolute Gasteiger partial charge is 0.349 e. The summed E-state index contributed by atoms with van der Waals surface area (Å²) in [6, 6.07) is 0. The van der Waals surface area contributed by atoms with Crippen LogP contribution < -0.4 is 5.32 Å². The number of amides is 1. The van der Waals surface area contributed by atoms with Gasteiger partial charge in [-0.2, -0.15) is 0 Å². The van der Waals surface area contributed by atoms with E-state index in [0.29, 0.717) is 11.8 Å². The summed E-state index contributed by atoms with van der Waals surface area (Å²) in [7, 11) is 0. The van der Waals surface area contributed by atoms with Gasteiger partial charge in [0, 0.05) is 11.8 Å². The van der Waals surface area contributed by atoms with Crippen molar-refractivity contribution in [2.75, 3.05) is 5.88 Å². The highest BCUT2D eigenvalue weighted by atomic mass is 35.5. The zero-order chi connectivity index (χ0) is 10.2. The smallest absolute Gasteiger partial charge is 0.223 e. The molecule has 1 amide bonds. The van der Waals surface area contributed by atoms with Gasteiger partial charge in [0.1, 0.15) is 0 Å². The molecular formula is C11H18ClNO. The van der Waals surface area contributed by atoms with Crippen molar-refractivity contribution in [2.24, 2.45) is 11.8 Å². The molecule has 2 fully saturated rings. The molecule has 0 radical (unpaired) electrons. The summed E-state index contributed by atoms with van der Waals surface area (Å²) in [5.74, 6) is 1.61. The SMILES string of the molecule is CC(C(=O)NC1(CCl)CCC1)C1CC1. The highest BCUT2D eigenvalue weighted by Crippen LogP contribution is 2.38. The predicted molar refractivity (Wildman–Crippen MR) is 57.3 cm³/mol. The minimum atomic E-state index is -0.0538. The molecule has 1 atom stereocenters. The molecular weight excluding hydrogens is 198 g/mol. The van der Waals surface area contributed by atoms with Gasteiger partial charge in [-0.25, -0.2) is 0 Å². The van der Waals surface area contributed by atoms with Crippen LogP contribution in [0.1, 0.15) is 39.0 Å². The van der Waals surface area contributed by atoms with Crippen molar-refractivity contribution in [3.05, 3.63) is 0 Å². The van der Waals surface area contributed by atoms with Crippen LogP contribution in [0, 0.1) is 11.8 Å². The molecule has 0 saturated heterocycles. The molecule has 2 aliphatic rings. The third-order valence-corrected chi connectivity index (χ3v) is 4.21. The van der Waals surface area contributed by atoms with Crippen LogP contribution in [-0.4, -0.2) is 17.3 Å². The summed E-state index contributed by atoms with van der Waals surface area (Å²) < 4.78 is 0. The fourth-order valence-corrected chi connectivity index (χ4v) is 2.42. The number of carbonyl (C=O) groups is 1. The standard InChI is InChI=1S/C11H18ClNO/c1-8(9-3-4-9)10(14)13-11(7-12)5-2-6-11/h8-9H,2-7H2,1H3,(H,13,14). The highest BCUT2D eigenvalue weighted by Gasteiger charge is 2.40. The first kappa shape index (κ1) is 10.3. The molecule has 14 heavy (non-hydrogen) atoms. The number of halogens is 1. The van der Waals surface area contributed by atoms with Crippen LogP contribution in [0.15, 0.2) is 0 Å². The molecule has 1 N–H and O–H groups in total. The molecule has 0 spiro atoms. The van der Waals surface area contributed by atoms with E-state index in [2.05, 4.69) is 5.32 Å². The van der Waals surface area contributed by atoms with E-state index in [-0.39, 0.29) is 17.4 Å². The molecule has 2 nitrogen and oxygen atoms in total. The minimum absolute atomic E-state index is 0.0538. The monoisotopic (exact) mass is 215 g/mol. The van der Waals surface area contributed by atoms with E-state index in [0.717, 1.165) is 12.8 Å². The van der Waals surface area contributed by atoms with Crippen LogP contribution in [-0.2, 0) is 4.79 Å². The summed E-state index contributed by atoms with van der Waals surface area (Å²) in [6.07, 6.45) is 5.76. The van der Waals surface area contributed by atoms with Crippen molar-refractivity contribution in [1.29, 1.82) is 0 Å². The summed E-state index contributed by atoms with van der Waals surface area (Å²) in [6.45, 7) is 2.04. The van der Waals surface area contributed by atoms with Crippen LogP contribution in [0.4, 0.5) is 0 Å². The van der Waals surface area contributed by atoms with Crippen LogP contribution in [0.2, 0.25) is 0 Å². The van der Waals surface area contributed by atoms with Crippen molar-refractivity contribution < 1.29 is 4.79 Å². The minimum Gasteiger partial charge on any atom is -0.349 e. The predicted octanol–water partition coefficient (Wildman–Crippen LogP) is 2.31. The van der Waals surface area contributed by atoms with Gasteiger partial charge >= 0.3 is 0 Å². The molecule has 0 aromatic carbocycles. The quantitative estimate of drug-likeness (QED) is 0.717. The first-order chi connectivity index (χ1) is 6.67. The van der Waals surface area contributed by atoms with Crippen LogP contribution in [0.3, 0.4) is 0 Å². The Bertz CT molecular complexity index is 228. The van der Waals surface area contributed by atoms with Crippen molar-refractivity contribution >= 4 is 17.5 Å². The summed E-state index contributed by atoms with van der Waals surface area (Å²) >= 11 is 5.89. The molecule has 80 valence electrons. The third-order valence-electron chi connectivity index (χ3n) is 3.70. The molecule has 0 aliphatic heterocycles. The number of carbonyl (C=O) groups excluding carboxylic acids is 1. The van der Waals surface area contributed by atoms with E-state index in [1.54, 1.807) is 0 Å². The normalized spacial score (nSPS) is 26.4. The molecule has 1 unspecified atom stereocenters. The second-order valence-electron chi connectivity index (χ2n) is 4.88. The average Bonchev–Trinajstić information content (AvgIpc) is 2.92. The van der Waals surface area contributed by atoms with E-state index in [9.17, 15) is 4.79 Å². The van der Waals surface area contributed by atoms with Gasteiger partial charge in [-0.1, -0.05) is 6.92 Å². The first-order valence-electron chi connectivity index (χ1n) is 5.55. The van der Waals surface area contributed by atoms with Gasteiger partial charge in [-0.05, 0) is 38.0 Å². The first-order valence-corrected chi connectivity index (χ1v) is 6.08. The lowest BCUT2D eigenvalue weighted by atomic mass is 9.78. The van der Waals surface area contributed by atoms with Crippen molar-refractivity contribution in [2.45, 2.75) is 44.6 Å². The van der Waals surface area contributed by atoms with Gasteiger partial charge in [0.05, 0.1) is 5.54 Å². The maximum Gasteiger partial charge on any atom is 0.223 e. The third kappa shape index (κ3) is 1.90. The maximum absolute atomic E-state index is 11.8. The Labute approximate surface area is 90.4 Å². The lowest BCUT2D eigenvalue weighted by Gasteiger charge is -2.41. The average molecular weight is 216 g/mol. The van der Waals surface area contributed by atoms with Crippen LogP contribution in [0.5, 0.6) is 0 Å². The molecule has 0 aromatic rings. The highest BCUT2D eigenvalue weighted by molar-refractivity contribution is 6.18. The fraction of sp³-hybridized carbons (Fsp3) is 0.909. The summed E-state index contributed by atoms with van der Waals surface area (Å²) in [5.41, 5.74) is -0.0538. The molecule has 3 heteroatoms. The van der Waals surface area contributed by atoms with E-state index in [1.807, 2.05) is 6.92 Å². The van der Waals surface area contributed by atoms with Gasteiger partial charge in [-0.3, -0.25) is 4.79 Å². The number of hydrogen-bond acceptors (Lipinski definition) is 1. The molecule has 0 aromatic heterocycles. The van der Waals surface area contributed by atoms with Crippen LogP contribution >= 0.6 is 11.6 Å². The second-order valence-corrected chi connectivity index (χ2v) is 5.15. The van der Waals surface area contributed by atoms with Crippen molar-refractivity contribution in [1.82, 2.24) is 5.32 Å². The Morgan fingerprint density at radius 1 is 1.57 bits per heavy atom. The van der Waals surface area contributed by atoms with Gasteiger partial charge in [0.15, 0.2) is 0 Å². The number of rotatable bonds is 4. The second kappa shape index (κ2) is 3.73. The zero-order valence-corrected chi connectivity index (χ0v) is 9.44. The fourth-order valence-electron chi connectivity index (χ4n) is 2.08. The Morgan fingerprint density at radius 3 is 2.57 bits per heavy atom. The molecule has 2 rings (SSSR count). The topological polar surface area (TPSA) is 29.1 Å². The van der Waals surface area contributed by atoms with E-state index in [4.69, 9.17) is 11.6 Å². The van der Waals surface area contributed by atoms with Crippen molar-refractivity contribution in [3.8, 4) is 0 Å². The van der Waals surface area contributed by atoms with E-state index < -0.39 is 0 Å². The maximum atomic E-state index is 11.8. The van der Waals surface area contributed by atoms with Gasteiger partial charge in [-0.15, -0.1) is 11.6 Å². The number of alkyl halides is 1. The van der Waals surface area contributed by atoms with E-state index >= 15 is 0 Å². The summed E-state index contributed by atoms with van der Waals surface area (Å²) in [5, 5.41) is 3.13. The Morgan fingerprint density at radius 2 is 2.21 bits per heavy atom. The van der Waals surface area contributed by atoms with Gasteiger partial charge < -0.3 is 5.32 Å².